The molecule has 0 aliphatic rings. The number of benzene rings is 1. The Hall–Kier alpha value is -1.87. The van der Waals surface area contributed by atoms with Crippen molar-refractivity contribution in [2.45, 2.75) is 20.0 Å². The molecular weight excluding hydrogens is 224 g/mol. The van der Waals surface area contributed by atoms with Crippen molar-refractivity contribution >= 4 is 11.5 Å². The first-order chi connectivity index (χ1) is 8.74. The second-order valence-electron chi connectivity index (χ2n) is 4.23. The van der Waals surface area contributed by atoms with Gasteiger partial charge in [0.05, 0.1) is 6.61 Å². The van der Waals surface area contributed by atoms with Crippen molar-refractivity contribution in [1.82, 2.24) is 4.98 Å². The van der Waals surface area contributed by atoms with Crippen molar-refractivity contribution in [2.75, 3.05) is 11.9 Å². The van der Waals surface area contributed by atoms with E-state index in [2.05, 4.69) is 11.9 Å². The molecule has 0 aliphatic carbocycles. The normalized spacial score (nSPS) is 10.4. The molecule has 0 aliphatic heterocycles. The molecule has 1 aromatic carbocycles. The number of aliphatic hydroxyl groups is 1. The van der Waals surface area contributed by atoms with E-state index in [9.17, 15) is 5.11 Å². The van der Waals surface area contributed by atoms with E-state index in [1.54, 1.807) is 0 Å². The van der Waals surface area contributed by atoms with Crippen molar-refractivity contribution in [3.63, 3.8) is 0 Å². The van der Waals surface area contributed by atoms with Crippen LogP contribution in [0.2, 0.25) is 0 Å². The summed E-state index contributed by atoms with van der Waals surface area (Å²) in [6.07, 6.45) is 0.865. The van der Waals surface area contributed by atoms with E-state index in [4.69, 9.17) is 0 Å². The Kier molecular flexibility index (Phi) is 3.95. The third kappa shape index (κ3) is 2.68. The van der Waals surface area contributed by atoms with Gasteiger partial charge in [-0.2, -0.15) is 0 Å². The van der Waals surface area contributed by atoms with E-state index in [1.165, 1.54) is 0 Å². The van der Waals surface area contributed by atoms with Crippen LogP contribution in [-0.2, 0) is 13.0 Å². The van der Waals surface area contributed by atoms with Gasteiger partial charge in [0.25, 0.3) is 0 Å². The minimum atomic E-state index is 0.0468. The molecule has 0 amide bonds. The minimum absolute atomic E-state index is 0.0468. The molecule has 18 heavy (non-hydrogen) atoms. The molecule has 1 heterocycles. The molecule has 0 unspecified atom stereocenters. The standard InChI is InChI=1S/C15H18N2O/c1-3-13-9-12(11-18)10-15(16-13)17(2)14-7-5-4-6-8-14/h4-10,18H,3,11H2,1-2H3. The van der Waals surface area contributed by atoms with Gasteiger partial charge in [-0.25, -0.2) is 4.98 Å². The summed E-state index contributed by atoms with van der Waals surface area (Å²) in [6.45, 7) is 2.11. The Labute approximate surface area is 108 Å². The lowest BCUT2D eigenvalue weighted by Crippen LogP contribution is -2.12. The quantitative estimate of drug-likeness (QED) is 0.895. The molecule has 0 spiro atoms. The van der Waals surface area contributed by atoms with Gasteiger partial charge in [-0.15, -0.1) is 0 Å². The minimum Gasteiger partial charge on any atom is -0.392 e. The van der Waals surface area contributed by atoms with Gasteiger partial charge in [-0.1, -0.05) is 25.1 Å². The number of hydrogen-bond donors (Lipinski definition) is 1. The fourth-order valence-corrected chi connectivity index (χ4v) is 1.86. The van der Waals surface area contributed by atoms with E-state index < -0.39 is 0 Å². The number of rotatable bonds is 4. The maximum atomic E-state index is 9.29. The fraction of sp³-hybridized carbons (Fsp3) is 0.267. The first-order valence-corrected chi connectivity index (χ1v) is 6.14. The van der Waals surface area contributed by atoms with Crippen LogP contribution >= 0.6 is 0 Å². The third-order valence-corrected chi connectivity index (χ3v) is 2.96. The molecule has 2 rings (SSSR count). The smallest absolute Gasteiger partial charge is 0.133 e. The summed E-state index contributed by atoms with van der Waals surface area (Å²) in [5, 5.41) is 9.29. The summed E-state index contributed by atoms with van der Waals surface area (Å²) in [4.78, 5) is 6.62. The Morgan fingerprint density at radius 1 is 1.17 bits per heavy atom. The number of nitrogens with zero attached hydrogens (tertiary/aromatic N) is 2. The second kappa shape index (κ2) is 5.65. The Balaban J connectivity index is 2.38. The van der Waals surface area contributed by atoms with Gasteiger partial charge in [0, 0.05) is 18.4 Å². The van der Waals surface area contributed by atoms with E-state index in [1.807, 2.05) is 54.4 Å². The number of para-hydroxylation sites is 1. The van der Waals surface area contributed by atoms with Gasteiger partial charge in [0.1, 0.15) is 5.82 Å². The lowest BCUT2D eigenvalue weighted by Gasteiger charge is -2.19. The SMILES string of the molecule is CCc1cc(CO)cc(N(C)c2ccccc2)n1. The van der Waals surface area contributed by atoms with Crippen LogP contribution in [0.1, 0.15) is 18.2 Å². The Morgan fingerprint density at radius 3 is 2.50 bits per heavy atom. The molecule has 0 bridgehead atoms. The highest BCUT2D eigenvalue weighted by Gasteiger charge is 2.07. The first kappa shape index (κ1) is 12.6. The molecular formula is C15H18N2O. The summed E-state index contributed by atoms with van der Waals surface area (Å²) in [5.74, 6) is 0.865. The molecule has 0 radical (unpaired) electrons. The summed E-state index contributed by atoms with van der Waals surface area (Å²) < 4.78 is 0. The van der Waals surface area contributed by atoms with Crippen LogP contribution in [0.4, 0.5) is 11.5 Å². The molecule has 0 saturated carbocycles. The van der Waals surface area contributed by atoms with Gasteiger partial charge in [-0.3, -0.25) is 0 Å². The highest BCUT2D eigenvalue weighted by atomic mass is 16.3. The summed E-state index contributed by atoms with van der Waals surface area (Å²) in [7, 11) is 1.98. The maximum absolute atomic E-state index is 9.29. The Morgan fingerprint density at radius 2 is 1.89 bits per heavy atom. The van der Waals surface area contributed by atoms with Crippen LogP contribution in [0.5, 0.6) is 0 Å². The van der Waals surface area contributed by atoms with Gasteiger partial charge in [-0.05, 0) is 36.2 Å². The number of aromatic nitrogens is 1. The molecule has 3 nitrogen and oxygen atoms in total. The van der Waals surface area contributed by atoms with Crippen LogP contribution in [0, 0.1) is 0 Å². The largest absolute Gasteiger partial charge is 0.392 e. The lowest BCUT2D eigenvalue weighted by atomic mass is 10.2. The average molecular weight is 242 g/mol. The van der Waals surface area contributed by atoms with Crippen LogP contribution < -0.4 is 4.90 Å². The summed E-state index contributed by atoms with van der Waals surface area (Å²) in [5.41, 5.74) is 2.99. The number of hydrogen-bond acceptors (Lipinski definition) is 3. The van der Waals surface area contributed by atoms with Crippen LogP contribution in [-0.4, -0.2) is 17.1 Å². The summed E-state index contributed by atoms with van der Waals surface area (Å²) >= 11 is 0. The van der Waals surface area contributed by atoms with E-state index in [-0.39, 0.29) is 6.61 Å². The molecule has 2 aromatic rings. The zero-order chi connectivity index (χ0) is 13.0. The van der Waals surface area contributed by atoms with Gasteiger partial charge in [0.15, 0.2) is 0 Å². The van der Waals surface area contributed by atoms with E-state index in [0.717, 1.165) is 29.2 Å². The molecule has 3 heteroatoms. The fourth-order valence-electron chi connectivity index (χ4n) is 1.86. The number of aryl methyl sites for hydroxylation is 1. The monoisotopic (exact) mass is 242 g/mol. The Bertz CT molecular complexity index is 489. The maximum Gasteiger partial charge on any atom is 0.133 e. The van der Waals surface area contributed by atoms with Crippen molar-refractivity contribution in [3.05, 3.63) is 53.7 Å². The molecule has 0 atom stereocenters. The number of pyridine rings is 1. The molecule has 1 N–H and O–H groups in total. The predicted molar refractivity (Wildman–Crippen MR) is 74.0 cm³/mol. The van der Waals surface area contributed by atoms with Crippen molar-refractivity contribution in [1.29, 1.82) is 0 Å². The van der Waals surface area contributed by atoms with Crippen molar-refractivity contribution in [2.24, 2.45) is 0 Å². The zero-order valence-electron chi connectivity index (χ0n) is 10.8. The second-order valence-corrected chi connectivity index (χ2v) is 4.23. The molecule has 0 fully saturated rings. The van der Waals surface area contributed by atoms with Crippen LogP contribution in [0.15, 0.2) is 42.5 Å². The third-order valence-electron chi connectivity index (χ3n) is 2.96. The number of anilines is 2. The highest BCUT2D eigenvalue weighted by molar-refractivity contribution is 5.59. The zero-order valence-corrected chi connectivity index (χ0v) is 10.8. The molecule has 1 aromatic heterocycles. The van der Waals surface area contributed by atoms with Crippen LogP contribution in [0.25, 0.3) is 0 Å². The summed E-state index contributed by atoms with van der Waals surface area (Å²) in [6, 6.07) is 13.9. The molecule has 0 saturated heterocycles. The van der Waals surface area contributed by atoms with Gasteiger partial charge >= 0.3 is 0 Å². The van der Waals surface area contributed by atoms with E-state index >= 15 is 0 Å². The average Bonchev–Trinajstić information content (AvgIpc) is 2.46. The lowest BCUT2D eigenvalue weighted by molar-refractivity contribution is 0.281. The predicted octanol–water partition coefficient (Wildman–Crippen LogP) is 2.90. The van der Waals surface area contributed by atoms with E-state index in [0.29, 0.717) is 0 Å². The van der Waals surface area contributed by atoms with Gasteiger partial charge < -0.3 is 10.0 Å². The van der Waals surface area contributed by atoms with Crippen molar-refractivity contribution < 1.29 is 5.11 Å². The first-order valence-electron chi connectivity index (χ1n) is 6.14. The topological polar surface area (TPSA) is 36.4 Å². The van der Waals surface area contributed by atoms with Gasteiger partial charge in [0.2, 0.25) is 0 Å². The van der Waals surface area contributed by atoms with Crippen LogP contribution in [0.3, 0.4) is 0 Å². The number of aliphatic hydroxyl groups excluding tert-OH is 1. The van der Waals surface area contributed by atoms with Crippen molar-refractivity contribution in [3.8, 4) is 0 Å². The highest BCUT2D eigenvalue weighted by Crippen LogP contribution is 2.23. The molecule has 94 valence electrons.